The Morgan fingerprint density at radius 1 is 1.16 bits per heavy atom. The molecular weight excluding hydrogens is 382 g/mol. The molecule has 2 unspecified atom stereocenters. The van der Waals surface area contributed by atoms with Crippen molar-refractivity contribution in [1.29, 1.82) is 0 Å². The first-order valence-corrected chi connectivity index (χ1v) is 10.2. The molecule has 0 aliphatic carbocycles. The van der Waals surface area contributed by atoms with Crippen LogP contribution in [0.5, 0.6) is 0 Å². The van der Waals surface area contributed by atoms with Crippen molar-refractivity contribution < 1.29 is 18.4 Å². The zero-order valence-electron chi connectivity index (χ0n) is 13.6. The molecule has 0 saturated carbocycles. The van der Waals surface area contributed by atoms with Crippen molar-refractivity contribution in [2.75, 3.05) is 13.2 Å². The molecule has 1 fully saturated rings. The quantitative estimate of drug-likeness (QED) is 0.531. The van der Waals surface area contributed by atoms with E-state index in [0.29, 0.717) is 39.7 Å². The number of halogens is 2. The van der Waals surface area contributed by atoms with Gasteiger partial charge in [-0.25, -0.2) is 0 Å². The Labute approximate surface area is 156 Å². The maximum Gasteiger partial charge on any atom is 0.361 e. The molecule has 132 valence electrons. The number of hydrogen-bond donors (Lipinski definition) is 0. The Hall–Kier alpha value is -1.16. The van der Waals surface area contributed by atoms with Crippen molar-refractivity contribution in [1.82, 2.24) is 0 Å². The normalized spacial score (nSPS) is 23.9. The zero-order chi connectivity index (χ0) is 18.0. The van der Waals surface area contributed by atoms with Gasteiger partial charge in [0.15, 0.2) is 5.78 Å². The third-order valence-corrected chi connectivity index (χ3v) is 6.49. The van der Waals surface area contributed by atoms with Crippen LogP contribution in [-0.4, -0.2) is 19.0 Å². The van der Waals surface area contributed by atoms with E-state index in [4.69, 9.17) is 32.2 Å². The second kappa shape index (κ2) is 7.61. The van der Waals surface area contributed by atoms with Crippen LogP contribution in [-0.2, 0) is 13.6 Å². The molecule has 1 heterocycles. The van der Waals surface area contributed by atoms with Gasteiger partial charge in [-0.3, -0.25) is 9.36 Å². The second-order valence-corrected chi connectivity index (χ2v) is 8.90. The van der Waals surface area contributed by atoms with Gasteiger partial charge in [0, 0.05) is 16.1 Å². The number of rotatable bonds is 3. The molecule has 0 radical (unpaired) electrons. The maximum atomic E-state index is 13.0. The zero-order valence-corrected chi connectivity index (χ0v) is 16.0. The Kier molecular flexibility index (Phi) is 5.67. The Morgan fingerprint density at radius 3 is 2.76 bits per heavy atom. The first-order valence-electron chi connectivity index (χ1n) is 7.88. The van der Waals surface area contributed by atoms with Crippen LogP contribution in [0.25, 0.3) is 0 Å². The van der Waals surface area contributed by atoms with E-state index in [2.05, 4.69) is 0 Å². The van der Waals surface area contributed by atoms with Crippen LogP contribution < -0.4 is 5.30 Å². The van der Waals surface area contributed by atoms with E-state index in [1.165, 1.54) is 12.1 Å². The van der Waals surface area contributed by atoms with Gasteiger partial charge >= 0.3 is 7.60 Å². The Morgan fingerprint density at radius 2 is 1.96 bits per heavy atom. The van der Waals surface area contributed by atoms with Crippen molar-refractivity contribution in [2.45, 2.75) is 13.3 Å². The topological polar surface area (TPSA) is 52.6 Å². The van der Waals surface area contributed by atoms with Gasteiger partial charge in [0.2, 0.25) is 0 Å². The lowest BCUT2D eigenvalue weighted by molar-refractivity contribution is 0.103. The predicted octanol–water partition coefficient (Wildman–Crippen LogP) is 5.12. The minimum absolute atomic E-state index is 0.269. The number of ketones is 1. The van der Waals surface area contributed by atoms with Gasteiger partial charge in [-0.05, 0) is 42.7 Å². The summed E-state index contributed by atoms with van der Waals surface area (Å²) in [7, 11) is -3.44. The average Bonchev–Trinajstić information content (AvgIpc) is 2.78. The summed E-state index contributed by atoms with van der Waals surface area (Å²) in [6.07, 6.45) is 0.779. The minimum atomic E-state index is -3.44. The molecule has 1 aliphatic rings. The fourth-order valence-corrected chi connectivity index (χ4v) is 4.62. The van der Waals surface area contributed by atoms with E-state index in [1.54, 1.807) is 30.3 Å². The lowest BCUT2D eigenvalue weighted by Gasteiger charge is -2.16. The lowest BCUT2D eigenvalue weighted by atomic mass is 10.0. The summed E-state index contributed by atoms with van der Waals surface area (Å²) in [6.45, 7) is 2.73. The van der Waals surface area contributed by atoms with E-state index < -0.39 is 7.60 Å². The third kappa shape index (κ3) is 4.16. The fraction of sp³-hybridized carbons (Fsp3) is 0.278. The van der Waals surface area contributed by atoms with Gasteiger partial charge in [0.25, 0.3) is 0 Å². The predicted molar refractivity (Wildman–Crippen MR) is 99.3 cm³/mol. The number of hydrogen-bond acceptors (Lipinski definition) is 4. The summed E-state index contributed by atoms with van der Waals surface area (Å²) in [4.78, 5) is 12.8. The summed E-state index contributed by atoms with van der Waals surface area (Å²) in [5.41, 5.74) is 0.641. The monoisotopic (exact) mass is 398 g/mol. The van der Waals surface area contributed by atoms with Crippen molar-refractivity contribution in [3.05, 3.63) is 63.6 Å². The van der Waals surface area contributed by atoms with E-state index in [0.717, 1.165) is 6.42 Å². The highest BCUT2D eigenvalue weighted by molar-refractivity contribution is 7.62. The van der Waals surface area contributed by atoms with Crippen LogP contribution in [0, 0.1) is 5.92 Å². The minimum Gasteiger partial charge on any atom is -0.305 e. The van der Waals surface area contributed by atoms with Gasteiger partial charge in [-0.2, -0.15) is 0 Å². The highest BCUT2D eigenvalue weighted by atomic mass is 35.5. The Balaban J connectivity index is 1.95. The fourth-order valence-electron chi connectivity index (χ4n) is 2.51. The van der Waals surface area contributed by atoms with Gasteiger partial charge in [-0.1, -0.05) is 42.3 Å². The molecule has 7 heteroatoms. The van der Waals surface area contributed by atoms with Crippen LogP contribution in [0.15, 0.2) is 42.5 Å². The van der Waals surface area contributed by atoms with Crippen molar-refractivity contribution >= 4 is 41.9 Å². The molecule has 3 rings (SSSR count). The molecule has 0 aromatic heterocycles. The molecular formula is C18H17Cl2O4P. The molecule has 2 aromatic carbocycles. The molecule has 0 bridgehead atoms. The Bertz CT molecular complexity index is 853. The molecule has 2 aromatic rings. The van der Waals surface area contributed by atoms with Crippen LogP contribution >= 0.6 is 30.8 Å². The number of carbonyl (C=O) groups is 1. The SMILES string of the molecule is CC1CCOP(=O)(c2cccc(C(=O)c3cc(Cl)ccc3Cl)c2)OC1. The summed E-state index contributed by atoms with van der Waals surface area (Å²) in [6, 6.07) is 11.2. The maximum absolute atomic E-state index is 13.0. The van der Waals surface area contributed by atoms with Crippen molar-refractivity contribution in [3.63, 3.8) is 0 Å². The first kappa shape index (κ1) is 18.6. The highest BCUT2D eigenvalue weighted by Crippen LogP contribution is 2.49. The molecule has 0 N–H and O–H groups in total. The molecule has 1 saturated heterocycles. The van der Waals surface area contributed by atoms with Crippen molar-refractivity contribution in [2.24, 2.45) is 5.92 Å². The summed E-state index contributed by atoms with van der Waals surface area (Å²) in [5, 5.41) is 1.09. The largest absolute Gasteiger partial charge is 0.361 e. The third-order valence-electron chi connectivity index (χ3n) is 4.00. The molecule has 2 atom stereocenters. The van der Waals surface area contributed by atoms with E-state index >= 15 is 0 Å². The molecule has 4 nitrogen and oxygen atoms in total. The second-order valence-electron chi connectivity index (χ2n) is 6.02. The standard InChI is InChI=1S/C18H17Cl2O4P/c1-12-7-8-23-25(22,24-11-12)15-4-2-3-13(9-15)18(21)16-10-14(19)5-6-17(16)20/h2-6,9-10,12H,7-8,11H2,1H3. The molecule has 1 aliphatic heterocycles. The van der Waals surface area contributed by atoms with Crippen LogP contribution in [0.2, 0.25) is 10.0 Å². The van der Waals surface area contributed by atoms with Gasteiger partial charge in [0.05, 0.1) is 23.5 Å². The van der Waals surface area contributed by atoms with Crippen LogP contribution in [0.4, 0.5) is 0 Å². The molecule has 0 spiro atoms. The van der Waals surface area contributed by atoms with Crippen molar-refractivity contribution in [3.8, 4) is 0 Å². The number of carbonyl (C=O) groups excluding carboxylic acids is 1. The summed E-state index contributed by atoms with van der Waals surface area (Å²) < 4.78 is 24.1. The van der Waals surface area contributed by atoms with Gasteiger partial charge < -0.3 is 9.05 Å². The lowest BCUT2D eigenvalue weighted by Crippen LogP contribution is -2.13. The average molecular weight is 399 g/mol. The summed E-state index contributed by atoms with van der Waals surface area (Å²) in [5.74, 6) is -0.0324. The summed E-state index contributed by atoms with van der Waals surface area (Å²) >= 11 is 12.1. The van der Waals surface area contributed by atoms with E-state index in [1.807, 2.05) is 6.92 Å². The highest BCUT2D eigenvalue weighted by Gasteiger charge is 2.31. The van der Waals surface area contributed by atoms with Gasteiger partial charge in [-0.15, -0.1) is 0 Å². The molecule has 0 amide bonds. The van der Waals surface area contributed by atoms with Crippen LogP contribution in [0.1, 0.15) is 29.3 Å². The first-order chi connectivity index (χ1) is 11.9. The molecule has 25 heavy (non-hydrogen) atoms. The van der Waals surface area contributed by atoms with Gasteiger partial charge in [0.1, 0.15) is 0 Å². The number of benzene rings is 2. The smallest absolute Gasteiger partial charge is 0.305 e. The van der Waals surface area contributed by atoms with Crippen LogP contribution in [0.3, 0.4) is 0 Å². The van der Waals surface area contributed by atoms with E-state index in [9.17, 15) is 9.36 Å². The van der Waals surface area contributed by atoms with E-state index in [-0.39, 0.29) is 11.7 Å².